The molecule has 0 unspecified atom stereocenters. The maximum absolute atomic E-state index is 13.4. The Morgan fingerprint density at radius 3 is 2.52 bits per heavy atom. The first kappa shape index (κ1) is 19.1. The van der Waals surface area contributed by atoms with E-state index in [0.717, 1.165) is 25.1 Å². The molecular formula is C24H26N2O3. The van der Waals surface area contributed by atoms with Gasteiger partial charge in [0.15, 0.2) is 0 Å². The lowest BCUT2D eigenvalue weighted by Crippen LogP contribution is -2.33. The standard InChI is InChI=1S/C24H26N2O3/c1-28-21-12-13-22(23(15-21)29-2)24(27)26(19-10-11-19)17-20-9-6-14-25(20)16-18-7-4-3-5-8-18/h3-9,12-15,19H,10-11,16-17H2,1-2H3. The fraction of sp³-hybridized carbons (Fsp3) is 0.292. The van der Waals surface area contributed by atoms with Gasteiger partial charge < -0.3 is 18.9 Å². The lowest BCUT2D eigenvalue weighted by molar-refractivity contribution is 0.0722. The molecule has 0 radical (unpaired) electrons. The molecular weight excluding hydrogens is 364 g/mol. The highest BCUT2D eigenvalue weighted by molar-refractivity contribution is 5.97. The fourth-order valence-electron chi connectivity index (χ4n) is 3.58. The van der Waals surface area contributed by atoms with E-state index in [4.69, 9.17) is 9.47 Å². The van der Waals surface area contributed by atoms with Crippen molar-refractivity contribution in [2.24, 2.45) is 0 Å². The summed E-state index contributed by atoms with van der Waals surface area (Å²) in [7, 11) is 3.19. The van der Waals surface area contributed by atoms with Crippen molar-refractivity contribution in [3.05, 3.63) is 83.7 Å². The quantitative estimate of drug-likeness (QED) is 0.574. The minimum Gasteiger partial charge on any atom is -0.497 e. The first-order chi connectivity index (χ1) is 14.2. The zero-order valence-corrected chi connectivity index (χ0v) is 16.9. The van der Waals surface area contributed by atoms with Crippen LogP contribution in [-0.4, -0.2) is 35.6 Å². The van der Waals surface area contributed by atoms with Crippen LogP contribution in [-0.2, 0) is 13.1 Å². The van der Waals surface area contributed by atoms with Crippen LogP contribution in [0.2, 0.25) is 0 Å². The van der Waals surface area contributed by atoms with E-state index in [1.165, 1.54) is 5.56 Å². The van der Waals surface area contributed by atoms with Gasteiger partial charge in [-0.05, 0) is 42.7 Å². The van der Waals surface area contributed by atoms with Crippen molar-refractivity contribution < 1.29 is 14.3 Å². The molecule has 3 aromatic rings. The fourth-order valence-corrected chi connectivity index (χ4v) is 3.58. The number of carbonyl (C=O) groups is 1. The number of benzene rings is 2. The van der Waals surface area contributed by atoms with Crippen LogP contribution in [0.25, 0.3) is 0 Å². The Morgan fingerprint density at radius 1 is 1.03 bits per heavy atom. The van der Waals surface area contributed by atoms with Crippen molar-refractivity contribution in [2.45, 2.75) is 32.0 Å². The molecule has 1 aliphatic carbocycles. The van der Waals surface area contributed by atoms with E-state index in [2.05, 4.69) is 41.1 Å². The third kappa shape index (κ3) is 4.29. The molecule has 1 fully saturated rings. The van der Waals surface area contributed by atoms with Crippen LogP contribution in [0.1, 0.15) is 34.5 Å². The van der Waals surface area contributed by atoms with Crippen molar-refractivity contribution in [1.82, 2.24) is 9.47 Å². The minimum absolute atomic E-state index is 0.000496. The second-order valence-corrected chi connectivity index (χ2v) is 7.34. The number of ether oxygens (including phenoxy) is 2. The maximum Gasteiger partial charge on any atom is 0.258 e. The number of methoxy groups -OCH3 is 2. The summed E-state index contributed by atoms with van der Waals surface area (Å²) in [6.45, 7) is 1.38. The molecule has 0 N–H and O–H groups in total. The molecule has 1 aliphatic rings. The molecule has 0 saturated heterocycles. The van der Waals surface area contributed by atoms with E-state index in [9.17, 15) is 4.79 Å². The Bertz CT molecular complexity index is 977. The average Bonchev–Trinajstić information content (AvgIpc) is 3.52. The maximum atomic E-state index is 13.4. The summed E-state index contributed by atoms with van der Waals surface area (Å²) in [5.41, 5.74) is 2.94. The Morgan fingerprint density at radius 2 is 1.83 bits per heavy atom. The molecule has 1 amide bonds. The SMILES string of the molecule is COc1ccc(C(=O)N(Cc2cccn2Cc2ccccc2)C2CC2)c(OC)c1. The van der Waals surface area contributed by atoms with Gasteiger partial charge in [0.1, 0.15) is 11.5 Å². The van der Waals surface area contributed by atoms with Crippen molar-refractivity contribution in [1.29, 1.82) is 0 Å². The second kappa shape index (κ2) is 8.43. The van der Waals surface area contributed by atoms with Gasteiger partial charge in [0.25, 0.3) is 5.91 Å². The summed E-state index contributed by atoms with van der Waals surface area (Å²) in [6.07, 6.45) is 4.17. The van der Waals surface area contributed by atoms with Crippen molar-refractivity contribution in [3.8, 4) is 11.5 Å². The van der Waals surface area contributed by atoms with Gasteiger partial charge in [-0.1, -0.05) is 30.3 Å². The van der Waals surface area contributed by atoms with Crippen molar-refractivity contribution >= 4 is 5.91 Å². The first-order valence-electron chi connectivity index (χ1n) is 9.90. The number of amides is 1. The summed E-state index contributed by atoms with van der Waals surface area (Å²) >= 11 is 0. The highest BCUT2D eigenvalue weighted by atomic mass is 16.5. The zero-order valence-electron chi connectivity index (χ0n) is 16.9. The van der Waals surface area contributed by atoms with Crippen LogP contribution in [0.3, 0.4) is 0 Å². The van der Waals surface area contributed by atoms with E-state index in [0.29, 0.717) is 23.6 Å². The Balaban J connectivity index is 1.57. The highest BCUT2D eigenvalue weighted by Gasteiger charge is 2.34. The monoisotopic (exact) mass is 390 g/mol. The average molecular weight is 390 g/mol. The van der Waals surface area contributed by atoms with Gasteiger partial charge in [-0.3, -0.25) is 4.79 Å². The molecule has 5 heteroatoms. The van der Waals surface area contributed by atoms with Crippen LogP contribution in [0.15, 0.2) is 66.9 Å². The number of nitrogens with zero attached hydrogens (tertiary/aromatic N) is 2. The molecule has 0 spiro atoms. The molecule has 1 saturated carbocycles. The number of aromatic nitrogens is 1. The van der Waals surface area contributed by atoms with E-state index in [-0.39, 0.29) is 11.9 Å². The summed E-state index contributed by atoms with van der Waals surface area (Å²) in [4.78, 5) is 15.4. The lowest BCUT2D eigenvalue weighted by Gasteiger charge is -2.24. The first-order valence-corrected chi connectivity index (χ1v) is 9.90. The summed E-state index contributed by atoms with van der Waals surface area (Å²) < 4.78 is 12.9. The number of hydrogen-bond acceptors (Lipinski definition) is 3. The van der Waals surface area contributed by atoms with Gasteiger partial charge in [0.2, 0.25) is 0 Å². The molecule has 0 aliphatic heterocycles. The number of hydrogen-bond donors (Lipinski definition) is 0. The molecule has 0 atom stereocenters. The van der Waals surface area contributed by atoms with Gasteiger partial charge in [-0.15, -0.1) is 0 Å². The van der Waals surface area contributed by atoms with Gasteiger partial charge in [-0.2, -0.15) is 0 Å². The van der Waals surface area contributed by atoms with Gasteiger partial charge in [-0.25, -0.2) is 0 Å². The Kier molecular flexibility index (Phi) is 5.56. The zero-order chi connectivity index (χ0) is 20.2. The third-order valence-corrected chi connectivity index (χ3v) is 5.34. The van der Waals surface area contributed by atoms with Gasteiger partial charge in [0.05, 0.1) is 26.3 Å². The largest absolute Gasteiger partial charge is 0.497 e. The summed E-state index contributed by atoms with van der Waals surface area (Å²) in [6, 6.07) is 20.1. The van der Waals surface area contributed by atoms with Crippen LogP contribution >= 0.6 is 0 Å². The molecule has 1 heterocycles. The predicted molar refractivity (Wildman–Crippen MR) is 112 cm³/mol. The smallest absolute Gasteiger partial charge is 0.258 e. The Hall–Kier alpha value is -3.21. The summed E-state index contributed by atoms with van der Waals surface area (Å²) in [5.74, 6) is 1.22. The van der Waals surface area contributed by atoms with Gasteiger partial charge >= 0.3 is 0 Å². The Labute approximate surface area is 171 Å². The van der Waals surface area contributed by atoms with Crippen molar-refractivity contribution in [2.75, 3.05) is 14.2 Å². The van der Waals surface area contributed by atoms with Crippen LogP contribution in [0, 0.1) is 0 Å². The van der Waals surface area contributed by atoms with Crippen LogP contribution in [0.5, 0.6) is 11.5 Å². The summed E-state index contributed by atoms with van der Waals surface area (Å²) in [5, 5.41) is 0. The molecule has 2 aromatic carbocycles. The number of carbonyl (C=O) groups excluding carboxylic acids is 1. The molecule has 0 bridgehead atoms. The number of rotatable bonds is 8. The predicted octanol–water partition coefficient (Wildman–Crippen LogP) is 4.36. The topological polar surface area (TPSA) is 43.7 Å². The molecule has 1 aromatic heterocycles. The van der Waals surface area contributed by atoms with E-state index in [1.807, 2.05) is 17.0 Å². The van der Waals surface area contributed by atoms with Crippen LogP contribution < -0.4 is 9.47 Å². The van der Waals surface area contributed by atoms with E-state index >= 15 is 0 Å². The van der Waals surface area contributed by atoms with Crippen molar-refractivity contribution in [3.63, 3.8) is 0 Å². The van der Waals surface area contributed by atoms with E-state index < -0.39 is 0 Å². The molecule has 5 nitrogen and oxygen atoms in total. The normalized spacial score (nSPS) is 13.2. The van der Waals surface area contributed by atoms with Gasteiger partial charge in [0, 0.05) is 30.5 Å². The second-order valence-electron chi connectivity index (χ2n) is 7.34. The lowest BCUT2D eigenvalue weighted by atomic mass is 10.1. The molecule has 150 valence electrons. The highest BCUT2D eigenvalue weighted by Crippen LogP contribution is 2.33. The third-order valence-electron chi connectivity index (χ3n) is 5.34. The molecule has 29 heavy (non-hydrogen) atoms. The minimum atomic E-state index is -0.000496. The van der Waals surface area contributed by atoms with Crippen LogP contribution in [0.4, 0.5) is 0 Å². The van der Waals surface area contributed by atoms with E-state index in [1.54, 1.807) is 32.4 Å². The molecule has 4 rings (SSSR count).